The Balaban J connectivity index is 1.63. The zero-order valence-electron chi connectivity index (χ0n) is 12.2. The zero-order chi connectivity index (χ0) is 12.8. The Morgan fingerprint density at radius 2 is 1.89 bits per heavy atom. The van der Waals surface area contributed by atoms with Crippen LogP contribution in [-0.2, 0) is 4.74 Å². The van der Waals surface area contributed by atoms with Crippen LogP contribution in [0.15, 0.2) is 0 Å². The summed E-state index contributed by atoms with van der Waals surface area (Å²) in [6.45, 7) is 11.6. The fourth-order valence-electron chi connectivity index (χ4n) is 3.25. The molecule has 1 atom stereocenters. The molecule has 1 unspecified atom stereocenters. The number of ether oxygens (including phenoxy) is 1. The second kappa shape index (κ2) is 7.46. The summed E-state index contributed by atoms with van der Waals surface area (Å²) in [7, 11) is 0. The normalized spacial score (nSPS) is 27.2. The van der Waals surface area contributed by atoms with E-state index in [4.69, 9.17) is 4.74 Å². The van der Waals surface area contributed by atoms with E-state index in [1.807, 2.05) is 0 Å². The number of likely N-dealkylation sites (tertiary alicyclic amines) is 2. The van der Waals surface area contributed by atoms with Gasteiger partial charge in [-0.1, -0.05) is 0 Å². The molecule has 2 fully saturated rings. The van der Waals surface area contributed by atoms with E-state index in [0.29, 0.717) is 6.10 Å². The Kier molecular flexibility index (Phi) is 5.93. The predicted octanol–water partition coefficient (Wildman–Crippen LogP) is 2.36. The van der Waals surface area contributed by atoms with Gasteiger partial charge in [-0.3, -0.25) is 4.90 Å². The van der Waals surface area contributed by atoms with Gasteiger partial charge in [0, 0.05) is 25.7 Å². The lowest BCUT2D eigenvalue weighted by atomic mass is 10.0. The summed E-state index contributed by atoms with van der Waals surface area (Å²) in [5.74, 6) is 0. The Morgan fingerprint density at radius 1 is 1.11 bits per heavy atom. The largest absolute Gasteiger partial charge is 0.379 e. The molecule has 18 heavy (non-hydrogen) atoms. The third-order valence-corrected chi connectivity index (χ3v) is 4.21. The second-order valence-corrected chi connectivity index (χ2v) is 6.11. The fraction of sp³-hybridized carbons (Fsp3) is 1.00. The van der Waals surface area contributed by atoms with Crippen molar-refractivity contribution in [3.05, 3.63) is 0 Å². The monoisotopic (exact) mass is 254 g/mol. The first-order chi connectivity index (χ1) is 8.75. The predicted molar refractivity (Wildman–Crippen MR) is 76.0 cm³/mol. The van der Waals surface area contributed by atoms with Crippen LogP contribution in [0.4, 0.5) is 0 Å². The van der Waals surface area contributed by atoms with Crippen LogP contribution in [0.5, 0.6) is 0 Å². The molecule has 0 saturated carbocycles. The van der Waals surface area contributed by atoms with Gasteiger partial charge in [-0.2, -0.15) is 0 Å². The maximum Gasteiger partial charge on any atom is 0.0518 e. The molecule has 2 saturated heterocycles. The molecule has 3 nitrogen and oxygen atoms in total. The van der Waals surface area contributed by atoms with Crippen molar-refractivity contribution >= 4 is 0 Å². The van der Waals surface area contributed by atoms with E-state index in [0.717, 1.165) is 12.6 Å². The molecule has 2 aliphatic heterocycles. The fourth-order valence-corrected chi connectivity index (χ4v) is 3.25. The third kappa shape index (κ3) is 4.52. The summed E-state index contributed by atoms with van der Waals surface area (Å²) in [6.07, 6.45) is 7.19. The smallest absolute Gasteiger partial charge is 0.0518 e. The summed E-state index contributed by atoms with van der Waals surface area (Å²) >= 11 is 0. The van der Waals surface area contributed by atoms with Gasteiger partial charge in [0.1, 0.15) is 0 Å². The van der Waals surface area contributed by atoms with Gasteiger partial charge in [0.05, 0.1) is 6.10 Å². The van der Waals surface area contributed by atoms with Crippen molar-refractivity contribution in [1.82, 2.24) is 9.80 Å². The average molecular weight is 254 g/mol. The number of rotatable bonds is 6. The molecule has 0 aromatic carbocycles. The van der Waals surface area contributed by atoms with Gasteiger partial charge in [-0.25, -0.2) is 0 Å². The molecular formula is C15H30N2O. The molecule has 2 heterocycles. The molecule has 0 spiro atoms. The standard InChI is InChI=1S/C15H30N2O/c1-14(2)18-12-6-9-16-8-5-7-15(13-16)17-10-3-4-11-17/h14-15H,3-13H2,1-2H3. The van der Waals surface area contributed by atoms with E-state index in [1.54, 1.807) is 0 Å². The van der Waals surface area contributed by atoms with Crippen LogP contribution in [-0.4, -0.2) is 61.3 Å². The van der Waals surface area contributed by atoms with Crippen molar-refractivity contribution in [2.45, 2.75) is 58.1 Å². The summed E-state index contributed by atoms with van der Waals surface area (Å²) in [5.41, 5.74) is 0. The van der Waals surface area contributed by atoms with E-state index >= 15 is 0 Å². The van der Waals surface area contributed by atoms with E-state index < -0.39 is 0 Å². The lowest BCUT2D eigenvalue weighted by molar-refractivity contribution is 0.0615. The summed E-state index contributed by atoms with van der Waals surface area (Å²) in [4.78, 5) is 5.37. The van der Waals surface area contributed by atoms with Crippen LogP contribution in [0, 0.1) is 0 Å². The maximum atomic E-state index is 5.62. The molecule has 0 aromatic rings. The number of hydrogen-bond acceptors (Lipinski definition) is 3. The third-order valence-electron chi connectivity index (χ3n) is 4.21. The van der Waals surface area contributed by atoms with Crippen LogP contribution in [0.2, 0.25) is 0 Å². The van der Waals surface area contributed by atoms with Gasteiger partial charge in [0.25, 0.3) is 0 Å². The first-order valence-electron chi connectivity index (χ1n) is 7.83. The van der Waals surface area contributed by atoms with Crippen molar-refractivity contribution in [3.63, 3.8) is 0 Å². The minimum absolute atomic E-state index is 0.378. The van der Waals surface area contributed by atoms with Gasteiger partial charge in [0.2, 0.25) is 0 Å². The van der Waals surface area contributed by atoms with E-state index in [2.05, 4.69) is 23.6 Å². The Bertz CT molecular complexity index is 227. The van der Waals surface area contributed by atoms with Crippen molar-refractivity contribution in [2.24, 2.45) is 0 Å². The zero-order valence-corrected chi connectivity index (χ0v) is 12.2. The van der Waals surface area contributed by atoms with Crippen LogP contribution in [0.25, 0.3) is 0 Å². The number of hydrogen-bond donors (Lipinski definition) is 0. The summed E-state index contributed by atoms with van der Waals surface area (Å²) in [5, 5.41) is 0. The topological polar surface area (TPSA) is 15.7 Å². The quantitative estimate of drug-likeness (QED) is 0.677. The molecule has 2 aliphatic rings. The minimum atomic E-state index is 0.378. The molecule has 0 aliphatic carbocycles. The molecule has 0 aromatic heterocycles. The number of nitrogens with zero attached hydrogens (tertiary/aromatic N) is 2. The minimum Gasteiger partial charge on any atom is -0.379 e. The van der Waals surface area contributed by atoms with Gasteiger partial charge in [-0.05, 0) is 65.6 Å². The van der Waals surface area contributed by atoms with E-state index in [1.165, 1.54) is 64.8 Å². The Hall–Kier alpha value is -0.120. The second-order valence-electron chi connectivity index (χ2n) is 6.11. The Labute approximate surface area is 112 Å². The van der Waals surface area contributed by atoms with Crippen molar-refractivity contribution in [2.75, 3.05) is 39.3 Å². The van der Waals surface area contributed by atoms with Gasteiger partial charge in [-0.15, -0.1) is 0 Å². The molecule has 0 radical (unpaired) electrons. The van der Waals surface area contributed by atoms with Gasteiger partial charge < -0.3 is 9.64 Å². The van der Waals surface area contributed by atoms with Gasteiger partial charge >= 0.3 is 0 Å². The summed E-state index contributed by atoms with van der Waals surface area (Å²) in [6, 6.07) is 0.840. The Morgan fingerprint density at radius 3 is 2.61 bits per heavy atom. The highest BCUT2D eigenvalue weighted by Crippen LogP contribution is 2.20. The average Bonchev–Trinajstić information content (AvgIpc) is 2.89. The summed E-state index contributed by atoms with van der Waals surface area (Å²) < 4.78 is 5.62. The maximum absolute atomic E-state index is 5.62. The van der Waals surface area contributed by atoms with Crippen LogP contribution >= 0.6 is 0 Å². The molecule has 3 heteroatoms. The molecule has 0 bridgehead atoms. The highest BCUT2D eigenvalue weighted by molar-refractivity contribution is 4.83. The first-order valence-corrected chi connectivity index (χ1v) is 7.83. The highest BCUT2D eigenvalue weighted by atomic mass is 16.5. The molecule has 2 rings (SSSR count). The highest BCUT2D eigenvalue weighted by Gasteiger charge is 2.26. The SMILES string of the molecule is CC(C)OCCCN1CCCC(N2CCCC2)C1. The first kappa shape index (κ1) is 14.3. The molecular weight excluding hydrogens is 224 g/mol. The molecule has 0 amide bonds. The van der Waals surface area contributed by atoms with Gasteiger partial charge in [0.15, 0.2) is 0 Å². The molecule has 106 valence electrons. The number of piperidine rings is 1. The van der Waals surface area contributed by atoms with Crippen molar-refractivity contribution < 1.29 is 4.74 Å². The lowest BCUT2D eigenvalue weighted by Crippen LogP contribution is -2.47. The van der Waals surface area contributed by atoms with E-state index in [9.17, 15) is 0 Å². The van der Waals surface area contributed by atoms with Crippen LogP contribution in [0.3, 0.4) is 0 Å². The van der Waals surface area contributed by atoms with Crippen molar-refractivity contribution in [1.29, 1.82) is 0 Å². The lowest BCUT2D eigenvalue weighted by Gasteiger charge is -2.37. The van der Waals surface area contributed by atoms with Crippen LogP contribution < -0.4 is 0 Å². The van der Waals surface area contributed by atoms with Crippen molar-refractivity contribution in [3.8, 4) is 0 Å². The molecule has 0 N–H and O–H groups in total. The van der Waals surface area contributed by atoms with Crippen LogP contribution in [0.1, 0.15) is 46.0 Å². The van der Waals surface area contributed by atoms with E-state index in [-0.39, 0.29) is 0 Å².